The molecule has 2 heteroatoms. The number of hydrogen-bond donors (Lipinski definition) is 1. The lowest BCUT2D eigenvalue weighted by Crippen LogP contribution is -2.43. The van der Waals surface area contributed by atoms with Crippen molar-refractivity contribution >= 4 is 0 Å². The second-order valence-electron chi connectivity index (χ2n) is 6.06. The highest BCUT2D eigenvalue weighted by atomic mass is 15.1. The van der Waals surface area contributed by atoms with Crippen LogP contribution in [0.4, 0.5) is 0 Å². The maximum absolute atomic E-state index is 6.04. The number of rotatable bonds is 7. The molecule has 17 heavy (non-hydrogen) atoms. The van der Waals surface area contributed by atoms with Gasteiger partial charge in [0.1, 0.15) is 0 Å². The Morgan fingerprint density at radius 3 is 2.59 bits per heavy atom. The van der Waals surface area contributed by atoms with Gasteiger partial charge < -0.3 is 10.6 Å². The monoisotopic (exact) mass is 238 g/mol. The maximum atomic E-state index is 6.04. The second kappa shape index (κ2) is 7.17. The molecule has 0 unspecified atom stereocenters. The van der Waals surface area contributed by atoms with Crippen molar-refractivity contribution in [1.29, 1.82) is 0 Å². The van der Waals surface area contributed by atoms with Gasteiger partial charge >= 0.3 is 0 Å². The van der Waals surface area contributed by atoms with Gasteiger partial charge in [-0.05, 0) is 57.2 Å². The molecule has 0 spiro atoms. The van der Waals surface area contributed by atoms with E-state index >= 15 is 0 Å². The zero-order valence-corrected chi connectivity index (χ0v) is 11.8. The van der Waals surface area contributed by atoms with Crippen LogP contribution in [0.25, 0.3) is 0 Å². The van der Waals surface area contributed by atoms with E-state index in [2.05, 4.69) is 25.5 Å². The van der Waals surface area contributed by atoms with Crippen LogP contribution in [-0.4, -0.2) is 31.6 Å². The molecule has 1 saturated carbocycles. The Hall–Kier alpha value is -0.340. The van der Waals surface area contributed by atoms with E-state index in [0.717, 1.165) is 18.9 Å². The summed E-state index contributed by atoms with van der Waals surface area (Å²) in [5, 5.41) is 0. The third-order valence-corrected chi connectivity index (χ3v) is 4.32. The molecule has 0 bridgehead atoms. The van der Waals surface area contributed by atoms with E-state index in [1.54, 1.807) is 0 Å². The summed E-state index contributed by atoms with van der Waals surface area (Å²) in [5.41, 5.74) is 6.44. The first-order valence-electron chi connectivity index (χ1n) is 7.11. The summed E-state index contributed by atoms with van der Waals surface area (Å²) in [6, 6.07) is 0. The minimum absolute atomic E-state index is 0.398. The molecule has 0 heterocycles. The molecule has 1 aliphatic carbocycles. The van der Waals surface area contributed by atoms with E-state index in [-0.39, 0.29) is 0 Å². The SMILES string of the molecule is C=CCCCN(C)CC1(CN)CCC(C)CC1. The number of hydrogen-bond acceptors (Lipinski definition) is 2. The molecule has 1 rings (SSSR count). The van der Waals surface area contributed by atoms with Gasteiger partial charge in [0, 0.05) is 6.54 Å². The molecular weight excluding hydrogens is 208 g/mol. The fraction of sp³-hybridized carbons (Fsp3) is 0.867. The molecule has 0 aromatic carbocycles. The minimum Gasteiger partial charge on any atom is -0.330 e. The Morgan fingerprint density at radius 1 is 1.41 bits per heavy atom. The fourth-order valence-corrected chi connectivity index (χ4v) is 2.96. The van der Waals surface area contributed by atoms with Crippen LogP contribution in [0.1, 0.15) is 45.4 Å². The standard InChI is InChI=1S/C15H30N2/c1-4-5-6-11-17(3)13-15(12-16)9-7-14(2)8-10-15/h4,14H,1,5-13,16H2,2-3H3. The van der Waals surface area contributed by atoms with Gasteiger partial charge in [-0.2, -0.15) is 0 Å². The van der Waals surface area contributed by atoms with Gasteiger partial charge in [-0.3, -0.25) is 0 Å². The van der Waals surface area contributed by atoms with E-state index in [4.69, 9.17) is 5.73 Å². The van der Waals surface area contributed by atoms with Gasteiger partial charge in [0.05, 0.1) is 0 Å². The first kappa shape index (κ1) is 14.7. The van der Waals surface area contributed by atoms with Crippen molar-refractivity contribution in [2.24, 2.45) is 17.1 Å². The summed E-state index contributed by atoms with van der Waals surface area (Å²) in [5.74, 6) is 0.903. The smallest absolute Gasteiger partial charge is 0.00470 e. The van der Waals surface area contributed by atoms with E-state index in [0.29, 0.717) is 5.41 Å². The predicted molar refractivity (Wildman–Crippen MR) is 76.0 cm³/mol. The summed E-state index contributed by atoms with van der Waals surface area (Å²) in [6.45, 7) is 9.34. The summed E-state index contributed by atoms with van der Waals surface area (Å²) in [4.78, 5) is 2.46. The largest absolute Gasteiger partial charge is 0.330 e. The Balaban J connectivity index is 2.37. The second-order valence-corrected chi connectivity index (χ2v) is 6.06. The average Bonchev–Trinajstić information content (AvgIpc) is 2.33. The summed E-state index contributed by atoms with van der Waals surface area (Å²) < 4.78 is 0. The van der Waals surface area contributed by atoms with Gasteiger partial charge in [0.2, 0.25) is 0 Å². The Bertz CT molecular complexity index is 217. The summed E-state index contributed by atoms with van der Waals surface area (Å²) in [7, 11) is 2.23. The lowest BCUT2D eigenvalue weighted by atomic mass is 9.70. The van der Waals surface area contributed by atoms with Gasteiger partial charge in [-0.25, -0.2) is 0 Å². The highest BCUT2D eigenvalue weighted by Crippen LogP contribution is 2.38. The van der Waals surface area contributed by atoms with Crippen LogP contribution in [0.15, 0.2) is 12.7 Å². The van der Waals surface area contributed by atoms with E-state index in [1.165, 1.54) is 45.2 Å². The zero-order valence-electron chi connectivity index (χ0n) is 11.8. The van der Waals surface area contributed by atoms with Crippen LogP contribution in [0.2, 0.25) is 0 Å². The highest BCUT2D eigenvalue weighted by molar-refractivity contribution is 4.88. The van der Waals surface area contributed by atoms with Crippen LogP contribution >= 0.6 is 0 Å². The number of nitrogens with two attached hydrogens (primary N) is 1. The van der Waals surface area contributed by atoms with Crippen molar-refractivity contribution in [2.45, 2.75) is 45.4 Å². The maximum Gasteiger partial charge on any atom is 0.00470 e. The Kier molecular flexibility index (Phi) is 6.21. The molecule has 0 amide bonds. The van der Waals surface area contributed by atoms with E-state index in [1.807, 2.05) is 6.08 Å². The van der Waals surface area contributed by atoms with Crippen LogP contribution < -0.4 is 5.73 Å². The quantitative estimate of drug-likeness (QED) is 0.545. The minimum atomic E-state index is 0.398. The molecule has 2 N–H and O–H groups in total. The molecule has 1 fully saturated rings. The molecule has 2 nitrogen and oxygen atoms in total. The van der Waals surface area contributed by atoms with Gasteiger partial charge in [-0.1, -0.05) is 25.8 Å². The Morgan fingerprint density at radius 2 is 2.06 bits per heavy atom. The number of allylic oxidation sites excluding steroid dienone is 1. The van der Waals surface area contributed by atoms with Crippen molar-refractivity contribution in [3.05, 3.63) is 12.7 Å². The van der Waals surface area contributed by atoms with Crippen LogP contribution in [0, 0.1) is 11.3 Å². The van der Waals surface area contributed by atoms with Crippen LogP contribution in [-0.2, 0) is 0 Å². The van der Waals surface area contributed by atoms with E-state index < -0.39 is 0 Å². The van der Waals surface area contributed by atoms with Crippen molar-refractivity contribution in [1.82, 2.24) is 4.90 Å². The topological polar surface area (TPSA) is 29.3 Å². The number of unbranched alkanes of at least 4 members (excludes halogenated alkanes) is 1. The van der Waals surface area contributed by atoms with Crippen molar-refractivity contribution in [2.75, 3.05) is 26.7 Å². The average molecular weight is 238 g/mol. The van der Waals surface area contributed by atoms with Crippen molar-refractivity contribution in [3.8, 4) is 0 Å². The lowest BCUT2D eigenvalue weighted by Gasteiger charge is -2.41. The first-order valence-corrected chi connectivity index (χ1v) is 7.11. The number of nitrogens with zero attached hydrogens (tertiary/aromatic N) is 1. The van der Waals surface area contributed by atoms with Crippen molar-refractivity contribution < 1.29 is 0 Å². The fourth-order valence-electron chi connectivity index (χ4n) is 2.96. The lowest BCUT2D eigenvalue weighted by molar-refractivity contribution is 0.108. The normalized spacial score (nSPS) is 29.5. The van der Waals surface area contributed by atoms with E-state index in [9.17, 15) is 0 Å². The molecular formula is C15H30N2. The first-order chi connectivity index (χ1) is 8.12. The summed E-state index contributed by atoms with van der Waals surface area (Å²) in [6.07, 6.45) is 9.70. The van der Waals surface area contributed by atoms with Gasteiger partial charge in [0.15, 0.2) is 0 Å². The highest BCUT2D eigenvalue weighted by Gasteiger charge is 2.33. The third kappa shape index (κ3) is 4.81. The van der Waals surface area contributed by atoms with Crippen LogP contribution in [0.3, 0.4) is 0 Å². The third-order valence-electron chi connectivity index (χ3n) is 4.32. The molecule has 0 radical (unpaired) electrons. The van der Waals surface area contributed by atoms with Crippen LogP contribution in [0.5, 0.6) is 0 Å². The van der Waals surface area contributed by atoms with Gasteiger partial charge in [-0.15, -0.1) is 6.58 Å². The van der Waals surface area contributed by atoms with Crippen molar-refractivity contribution in [3.63, 3.8) is 0 Å². The predicted octanol–water partition coefficient (Wildman–Crippen LogP) is 3.04. The molecule has 0 saturated heterocycles. The molecule has 0 aliphatic heterocycles. The van der Waals surface area contributed by atoms with Gasteiger partial charge in [0.25, 0.3) is 0 Å². The molecule has 0 aromatic rings. The zero-order chi connectivity index (χ0) is 12.7. The molecule has 0 atom stereocenters. The Labute approximate surface area is 107 Å². The molecule has 1 aliphatic rings. The molecule has 100 valence electrons. The molecule has 0 aromatic heterocycles. The summed E-state index contributed by atoms with van der Waals surface area (Å²) >= 11 is 0.